The molecule has 0 bridgehead atoms. The van der Waals surface area contributed by atoms with Crippen molar-refractivity contribution in [2.75, 3.05) is 18.9 Å². The Hall–Kier alpha value is -3.78. The number of anilines is 1. The van der Waals surface area contributed by atoms with Gasteiger partial charge >= 0.3 is 0 Å². The van der Waals surface area contributed by atoms with Crippen molar-refractivity contribution in [3.63, 3.8) is 0 Å². The van der Waals surface area contributed by atoms with Crippen LogP contribution >= 0.6 is 0 Å². The highest BCUT2D eigenvalue weighted by Gasteiger charge is 2.18. The molecule has 4 aromatic rings. The molecule has 31 heavy (non-hydrogen) atoms. The number of methoxy groups -OCH3 is 2. The summed E-state index contributed by atoms with van der Waals surface area (Å²) in [6.45, 7) is 0. The molecule has 0 amide bonds. The van der Waals surface area contributed by atoms with Crippen molar-refractivity contribution in [2.24, 2.45) is 0 Å². The lowest BCUT2D eigenvalue weighted by Gasteiger charge is -2.12. The first-order valence-corrected chi connectivity index (χ1v) is 10.8. The quantitative estimate of drug-likeness (QED) is 0.484. The van der Waals surface area contributed by atoms with Crippen LogP contribution in [-0.2, 0) is 10.0 Å². The molecule has 158 valence electrons. The first-order valence-electron chi connectivity index (χ1n) is 9.29. The van der Waals surface area contributed by atoms with E-state index >= 15 is 0 Å². The van der Waals surface area contributed by atoms with Crippen LogP contribution in [0.4, 0.5) is 5.69 Å². The average Bonchev–Trinajstić information content (AvgIpc) is 2.79. The number of hydrogen-bond donors (Lipinski definition) is 1. The molecule has 0 saturated heterocycles. The number of ether oxygens (including phenoxy) is 2. The van der Waals surface area contributed by atoms with Crippen molar-refractivity contribution in [3.8, 4) is 22.8 Å². The van der Waals surface area contributed by atoms with Crippen LogP contribution in [0.5, 0.6) is 11.5 Å². The number of hydrogen-bond acceptors (Lipinski definition) is 6. The second-order valence-corrected chi connectivity index (χ2v) is 8.36. The van der Waals surface area contributed by atoms with E-state index in [1.807, 2.05) is 30.3 Å². The molecule has 7 nitrogen and oxygen atoms in total. The summed E-state index contributed by atoms with van der Waals surface area (Å²) in [6, 6.07) is 19.5. The van der Waals surface area contributed by atoms with E-state index in [0.717, 1.165) is 5.56 Å². The Bertz CT molecular complexity index is 1410. The van der Waals surface area contributed by atoms with Gasteiger partial charge in [-0.1, -0.05) is 30.3 Å². The Morgan fingerprint density at radius 1 is 0.839 bits per heavy atom. The second-order valence-electron chi connectivity index (χ2n) is 6.67. The fourth-order valence-corrected chi connectivity index (χ4v) is 4.23. The first-order chi connectivity index (χ1) is 14.9. The van der Waals surface area contributed by atoms with Crippen LogP contribution in [0, 0.1) is 0 Å². The summed E-state index contributed by atoms with van der Waals surface area (Å²) in [7, 11) is -1.03. The van der Waals surface area contributed by atoms with Crippen molar-refractivity contribution in [3.05, 3.63) is 83.0 Å². The van der Waals surface area contributed by atoms with Crippen LogP contribution in [-0.4, -0.2) is 22.6 Å². The molecule has 0 radical (unpaired) electrons. The van der Waals surface area contributed by atoms with E-state index in [4.69, 9.17) is 13.9 Å². The lowest BCUT2D eigenvalue weighted by atomic mass is 10.1. The summed E-state index contributed by atoms with van der Waals surface area (Å²) < 4.78 is 44.3. The van der Waals surface area contributed by atoms with Gasteiger partial charge in [0.2, 0.25) is 0 Å². The van der Waals surface area contributed by atoms with E-state index < -0.39 is 10.0 Å². The standard InChI is InChI=1S/C23H19NO6S/c1-28-21-11-9-17(13-23(21)29-2)31(26,27)24-16-8-10-20-18(12-16)19(25)14-22(30-20)15-6-4-3-5-7-15/h3-14,24H,1-2H3. The number of benzene rings is 3. The van der Waals surface area contributed by atoms with Gasteiger partial charge in [-0.15, -0.1) is 0 Å². The van der Waals surface area contributed by atoms with Crippen molar-refractivity contribution < 1.29 is 22.3 Å². The van der Waals surface area contributed by atoms with E-state index in [2.05, 4.69) is 4.72 Å². The van der Waals surface area contributed by atoms with Gasteiger partial charge in [-0.05, 0) is 30.3 Å². The lowest BCUT2D eigenvalue weighted by Crippen LogP contribution is -2.13. The zero-order valence-electron chi connectivity index (χ0n) is 16.8. The topological polar surface area (TPSA) is 94.8 Å². The van der Waals surface area contributed by atoms with Gasteiger partial charge in [-0.2, -0.15) is 0 Å². The molecule has 1 heterocycles. The minimum Gasteiger partial charge on any atom is -0.493 e. The zero-order chi connectivity index (χ0) is 22.0. The number of nitrogens with one attached hydrogen (secondary N) is 1. The van der Waals surface area contributed by atoms with Gasteiger partial charge in [0.25, 0.3) is 10.0 Å². The van der Waals surface area contributed by atoms with Gasteiger partial charge in [0.1, 0.15) is 11.3 Å². The van der Waals surface area contributed by atoms with Crippen molar-refractivity contribution >= 4 is 26.7 Å². The summed E-state index contributed by atoms with van der Waals surface area (Å²) in [5.41, 5.74) is 1.11. The Kier molecular flexibility index (Phi) is 5.39. The van der Waals surface area contributed by atoms with Crippen LogP contribution < -0.4 is 19.6 Å². The van der Waals surface area contributed by atoms with Gasteiger partial charge in [0, 0.05) is 23.4 Å². The maximum absolute atomic E-state index is 12.8. The maximum atomic E-state index is 12.8. The van der Waals surface area contributed by atoms with E-state index in [9.17, 15) is 13.2 Å². The van der Waals surface area contributed by atoms with Crippen molar-refractivity contribution in [2.45, 2.75) is 4.90 Å². The highest BCUT2D eigenvalue weighted by molar-refractivity contribution is 7.92. The van der Waals surface area contributed by atoms with Crippen LogP contribution in [0.3, 0.4) is 0 Å². The minimum atomic E-state index is -3.92. The monoisotopic (exact) mass is 437 g/mol. The molecule has 1 N–H and O–H groups in total. The van der Waals surface area contributed by atoms with Crippen molar-refractivity contribution in [1.29, 1.82) is 0 Å². The van der Waals surface area contributed by atoms with Gasteiger partial charge < -0.3 is 13.9 Å². The Morgan fingerprint density at radius 3 is 2.29 bits per heavy atom. The minimum absolute atomic E-state index is 0.00305. The Balaban J connectivity index is 1.69. The van der Waals surface area contributed by atoms with Crippen LogP contribution in [0.15, 0.2) is 86.9 Å². The van der Waals surface area contributed by atoms with Gasteiger partial charge in [-0.25, -0.2) is 8.42 Å². The summed E-state index contributed by atoms with van der Waals surface area (Å²) in [6.07, 6.45) is 0. The van der Waals surface area contributed by atoms with E-state index in [-0.39, 0.29) is 27.1 Å². The molecule has 1 aromatic heterocycles. The van der Waals surface area contributed by atoms with Crippen LogP contribution in [0.1, 0.15) is 0 Å². The number of fused-ring (bicyclic) bond motifs is 1. The zero-order valence-corrected chi connectivity index (χ0v) is 17.6. The van der Waals surface area contributed by atoms with E-state index in [1.165, 1.54) is 44.6 Å². The third-order valence-electron chi connectivity index (χ3n) is 4.70. The number of sulfonamides is 1. The Labute approximate surface area is 178 Å². The molecular weight excluding hydrogens is 418 g/mol. The van der Waals surface area contributed by atoms with Gasteiger partial charge in [-0.3, -0.25) is 9.52 Å². The predicted octanol–water partition coefficient (Wildman–Crippen LogP) is 4.28. The predicted molar refractivity (Wildman–Crippen MR) is 118 cm³/mol. The second kappa shape index (κ2) is 8.16. The molecule has 4 rings (SSSR count). The fourth-order valence-electron chi connectivity index (χ4n) is 3.16. The highest BCUT2D eigenvalue weighted by atomic mass is 32.2. The third-order valence-corrected chi connectivity index (χ3v) is 6.08. The molecule has 0 fully saturated rings. The fraction of sp³-hybridized carbons (Fsp3) is 0.0870. The lowest BCUT2D eigenvalue weighted by molar-refractivity contribution is 0.354. The molecule has 0 spiro atoms. The molecule has 0 unspecified atom stereocenters. The van der Waals surface area contributed by atoms with E-state index in [0.29, 0.717) is 17.1 Å². The molecule has 0 saturated carbocycles. The van der Waals surface area contributed by atoms with E-state index in [1.54, 1.807) is 12.1 Å². The van der Waals surface area contributed by atoms with Crippen LogP contribution in [0.2, 0.25) is 0 Å². The number of rotatable bonds is 6. The molecule has 0 aliphatic rings. The summed E-state index contributed by atoms with van der Waals surface area (Å²) in [4.78, 5) is 12.6. The highest BCUT2D eigenvalue weighted by Crippen LogP contribution is 2.30. The molecule has 3 aromatic carbocycles. The summed E-state index contributed by atoms with van der Waals surface area (Å²) >= 11 is 0. The summed E-state index contributed by atoms with van der Waals surface area (Å²) in [5, 5.41) is 0.271. The van der Waals surface area contributed by atoms with Crippen molar-refractivity contribution in [1.82, 2.24) is 0 Å². The average molecular weight is 437 g/mol. The molecule has 8 heteroatoms. The molecule has 0 aliphatic heterocycles. The normalized spacial score (nSPS) is 11.3. The molecule has 0 atom stereocenters. The molecular formula is C23H19NO6S. The third kappa shape index (κ3) is 4.10. The summed E-state index contributed by atoms with van der Waals surface area (Å²) in [5.74, 6) is 1.15. The van der Waals surface area contributed by atoms with Gasteiger partial charge in [0.05, 0.1) is 24.5 Å². The SMILES string of the molecule is COc1ccc(S(=O)(=O)Nc2ccc3oc(-c4ccccc4)cc(=O)c3c2)cc1OC. The van der Waals surface area contributed by atoms with Crippen LogP contribution in [0.25, 0.3) is 22.3 Å². The smallest absolute Gasteiger partial charge is 0.262 e. The largest absolute Gasteiger partial charge is 0.493 e. The maximum Gasteiger partial charge on any atom is 0.262 e. The Morgan fingerprint density at radius 2 is 1.58 bits per heavy atom. The first kappa shape index (κ1) is 20.5. The van der Waals surface area contributed by atoms with Gasteiger partial charge in [0.15, 0.2) is 16.9 Å². The molecule has 0 aliphatic carbocycles.